The minimum atomic E-state index is 0.257. The summed E-state index contributed by atoms with van der Waals surface area (Å²) in [6.45, 7) is 2.18. The van der Waals surface area contributed by atoms with Gasteiger partial charge in [0.25, 0.3) is 0 Å². The van der Waals surface area contributed by atoms with Gasteiger partial charge in [-0.15, -0.1) is 11.3 Å². The highest BCUT2D eigenvalue weighted by atomic mass is 79.9. The third-order valence-corrected chi connectivity index (χ3v) is 6.03. The van der Waals surface area contributed by atoms with Gasteiger partial charge in [-0.1, -0.05) is 46.3 Å². The van der Waals surface area contributed by atoms with E-state index < -0.39 is 0 Å². The average Bonchev–Trinajstić information content (AvgIpc) is 3.13. The van der Waals surface area contributed by atoms with E-state index in [2.05, 4.69) is 101 Å². The lowest BCUT2D eigenvalue weighted by molar-refractivity contribution is 0.935. The Morgan fingerprint density at radius 2 is 1.83 bits per heavy atom. The van der Waals surface area contributed by atoms with Crippen LogP contribution in [0.5, 0.6) is 0 Å². The SMILES string of the molecule is Cc1ccc([C@H](c2cccc(Br)c2)c2cn(C)c3ccccc23)s1. The Bertz CT molecular complexity index is 1010. The van der Waals surface area contributed by atoms with Crippen LogP contribution in [0.2, 0.25) is 0 Å². The molecule has 4 rings (SSSR count). The molecule has 0 unspecified atom stereocenters. The van der Waals surface area contributed by atoms with E-state index in [4.69, 9.17) is 0 Å². The summed E-state index contributed by atoms with van der Waals surface area (Å²) in [6.07, 6.45) is 2.28. The van der Waals surface area contributed by atoms with Gasteiger partial charge in [-0.05, 0) is 48.4 Å². The van der Waals surface area contributed by atoms with Crippen molar-refractivity contribution in [3.05, 3.63) is 92.2 Å². The van der Waals surface area contributed by atoms with Crippen LogP contribution in [0.3, 0.4) is 0 Å². The van der Waals surface area contributed by atoms with Crippen LogP contribution in [0.15, 0.2) is 71.3 Å². The highest BCUT2D eigenvalue weighted by molar-refractivity contribution is 9.10. The molecular weight excluding hydrogens is 378 g/mol. The van der Waals surface area contributed by atoms with Gasteiger partial charge >= 0.3 is 0 Å². The highest BCUT2D eigenvalue weighted by Gasteiger charge is 2.22. The first-order chi connectivity index (χ1) is 11.6. The van der Waals surface area contributed by atoms with Crippen LogP contribution in [0.25, 0.3) is 10.9 Å². The van der Waals surface area contributed by atoms with Crippen molar-refractivity contribution in [3.63, 3.8) is 0 Å². The van der Waals surface area contributed by atoms with E-state index >= 15 is 0 Å². The van der Waals surface area contributed by atoms with Gasteiger partial charge in [-0.25, -0.2) is 0 Å². The third kappa shape index (κ3) is 2.72. The second-order valence-corrected chi connectivity index (χ2v) is 8.38. The molecular formula is C21H18BrNS. The summed E-state index contributed by atoms with van der Waals surface area (Å²) in [7, 11) is 2.13. The van der Waals surface area contributed by atoms with Gasteiger partial charge in [0, 0.05) is 44.3 Å². The Balaban J connectivity index is 1.98. The first-order valence-electron chi connectivity index (χ1n) is 7.99. The predicted octanol–water partition coefficient (Wildman–Crippen LogP) is 6.49. The lowest BCUT2D eigenvalue weighted by Crippen LogP contribution is -2.01. The minimum Gasteiger partial charge on any atom is -0.350 e. The molecule has 0 aliphatic carbocycles. The molecule has 24 heavy (non-hydrogen) atoms. The third-order valence-electron chi connectivity index (χ3n) is 4.47. The fourth-order valence-corrected chi connectivity index (χ4v) is 4.84. The molecule has 1 nitrogen and oxygen atoms in total. The monoisotopic (exact) mass is 395 g/mol. The summed E-state index contributed by atoms with van der Waals surface area (Å²) >= 11 is 5.52. The van der Waals surface area contributed by atoms with Gasteiger partial charge < -0.3 is 4.57 Å². The summed E-state index contributed by atoms with van der Waals surface area (Å²) in [4.78, 5) is 2.74. The van der Waals surface area contributed by atoms with Crippen LogP contribution in [-0.2, 0) is 7.05 Å². The number of aryl methyl sites for hydroxylation is 2. The fraction of sp³-hybridized carbons (Fsp3) is 0.143. The Kier molecular flexibility index (Phi) is 4.07. The Hall–Kier alpha value is -1.84. The highest BCUT2D eigenvalue weighted by Crippen LogP contribution is 2.40. The molecule has 2 aromatic heterocycles. The van der Waals surface area contributed by atoms with Gasteiger partial charge in [0.15, 0.2) is 0 Å². The summed E-state index contributed by atoms with van der Waals surface area (Å²) in [5.74, 6) is 0.257. The molecule has 0 spiro atoms. The van der Waals surface area contributed by atoms with Crippen molar-refractivity contribution < 1.29 is 0 Å². The predicted molar refractivity (Wildman–Crippen MR) is 107 cm³/mol. The molecule has 0 fully saturated rings. The van der Waals surface area contributed by atoms with E-state index in [1.54, 1.807) is 0 Å². The smallest absolute Gasteiger partial charge is 0.0480 e. The van der Waals surface area contributed by atoms with Crippen LogP contribution in [0.1, 0.15) is 26.8 Å². The van der Waals surface area contributed by atoms with Crippen molar-refractivity contribution in [2.75, 3.05) is 0 Å². The van der Waals surface area contributed by atoms with Crippen molar-refractivity contribution in [3.8, 4) is 0 Å². The standard InChI is InChI=1S/C21H18BrNS/c1-14-10-11-20(24-14)21(15-6-5-7-16(22)12-15)18-13-23(2)19-9-4-3-8-17(18)19/h3-13,21H,1-2H3/t21-/m1/s1. The Morgan fingerprint density at radius 1 is 1.00 bits per heavy atom. The fourth-order valence-electron chi connectivity index (χ4n) is 3.39. The molecule has 0 N–H and O–H groups in total. The maximum atomic E-state index is 3.63. The molecule has 2 aromatic carbocycles. The Labute approximate surface area is 154 Å². The van der Waals surface area contributed by atoms with Crippen LogP contribution in [0.4, 0.5) is 0 Å². The van der Waals surface area contributed by atoms with E-state index in [-0.39, 0.29) is 5.92 Å². The first kappa shape index (κ1) is 15.7. The lowest BCUT2D eigenvalue weighted by Gasteiger charge is -2.16. The summed E-state index contributed by atoms with van der Waals surface area (Å²) in [5.41, 5.74) is 3.97. The number of thiophene rings is 1. The molecule has 0 aliphatic rings. The molecule has 0 saturated heterocycles. The topological polar surface area (TPSA) is 4.93 Å². The molecule has 4 aromatic rings. The number of rotatable bonds is 3. The van der Waals surface area contributed by atoms with Crippen LogP contribution in [-0.4, -0.2) is 4.57 Å². The molecule has 0 saturated carbocycles. The molecule has 1 atom stereocenters. The van der Waals surface area contributed by atoms with Crippen molar-refractivity contribution in [1.82, 2.24) is 4.57 Å². The average molecular weight is 396 g/mol. The van der Waals surface area contributed by atoms with Crippen LogP contribution in [0, 0.1) is 6.92 Å². The maximum absolute atomic E-state index is 3.63. The molecule has 0 bridgehead atoms. The van der Waals surface area contributed by atoms with Crippen molar-refractivity contribution in [1.29, 1.82) is 0 Å². The number of aromatic nitrogens is 1. The van der Waals surface area contributed by atoms with Gasteiger partial charge in [-0.2, -0.15) is 0 Å². The molecule has 2 heterocycles. The minimum absolute atomic E-state index is 0.257. The largest absolute Gasteiger partial charge is 0.350 e. The zero-order chi connectivity index (χ0) is 16.7. The Morgan fingerprint density at radius 3 is 2.58 bits per heavy atom. The van der Waals surface area contributed by atoms with E-state index in [1.807, 2.05) is 11.3 Å². The molecule has 0 radical (unpaired) electrons. The molecule has 3 heteroatoms. The van der Waals surface area contributed by atoms with Gasteiger partial charge in [0.2, 0.25) is 0 Å². The van der Waals surface area contributed by atoms with Crippen LogP contribution < -0.4 is 0 Å². The van der Waals surface area contributed by atoms with E-state index in [9.17, 15) is 0 Å². The number of hydrogen-bond acceptors (Lipinski definition) is 1. The molecule has 120 valence electrons. The zero-order valence-electron chi connectivity index (χ0n) is 13.7. The maximum Gasteiger partial charge on any atom is 0.0480 e. The summed E-state index contributed by atoms with van der Waals surface area (Å²) in [5, 5.41) is 1.33. The molecule has 0 amide bonds. The summed E-state index contributed by atoms with van der Waals surface area (Å²) < 4.78 is 3.36. The summed E-state index contributed by atoms with van der Waals surface area (Å²) in [6, 6.07) is 21.8. The van der Waals surface area contributed by atoms with Gasteiger partial charge in [0.1, 0.15) is 0 Å². The van der Waals surface area contributed by atoms with Crippen molar-refractivity contribution >= 4 is 38.2 Å². The second-order valence-electron chi connectivity index (χ2n) is 6.15. The second kappa shape index (κ2) is 6.23. The van der Waals surface area contributed by atoms with Crippen LogP contribution >= 0.6 is 27.3 Å². The first-order valence-corrected chi connectivity index (χ1v) is 9.60. The van der Waals surface area contributed by atoms with E-state index in [0.29, 0.717) is 0 Å². The number of para-hydroxylation sites is 1. The van der Waals surface area contributed by atoms with E-state index in [0.717, 1.165) is 4.47 Å². The normalized spacial score (nSPS) is 12.6. The van der Waals surface area contributed by atoms with Crippen molar-refractivity contribution in [2.24, 2.45) is 7.05 Å². The quantitative estimate of drug-likeness (QED) is 0.373. The van der Waals surface area contributed by atoms with Gasteiger partial charge in [0.05, 0.1) is 0 Å². The number of fused-ring (bicyclic) bond motifs is 1. The van der Waals surface area contributed by atoms with E-state index in [1.165, 1.54) is 31.8 Å². The van der Waals surface area contributed by atoms with Gasteiger partial charge in [-0.3, -0.25) is 0 Å². The number of halogens is 1. The zero-order valence-corrected chi connectivity index (χ0v) is 16.1. The van der Waals surface area contributed by atoms with Crippen molar-refractivity contribution in [2.45, 2.75) is 12.8 Å². The number of hydrogen-bond donors (Lipinski definition) is 0. The molecule has 0 aliphatic heterocycles. The lowest BCUT2D eigenvalue weighted by atomic mass is 9.90. The number of benzene rings is 2. The number of nitrogens with zero attached hydrogens (tertiary/aromatic N) is 1.